The van der Waals surface area contributed by atoms with Gasteiger partial charge in [0.25, 0.3) is 15.9 Å². The molecule has 8 nitrogen and oxygen atoms in total. The fourth-order valence-corrected chi connectivity index (χ4v) is 4.13. The minimum Gasteiger partial charge on any atom is -0.495 e. The molecule has 1 amide bonds. The first-order valence-electron chi connectivity index (χ1n) is 9.44. The van der Waals surface area contributed by atoms with Crippen LogP contribution < -0.4 is 14.4 Å². The van der Waals surface area contributed by atoms with Crippen LogP contribution in [0.25, 0.3) is 0 Å². The summed E-state index contributed by atoms with van der Waals surface area (Å²) >= 11 is 0. The van der Waals surface area contributed by atoms with E-state index in [-0.39, 0.29) is 17.0 Å². The number of aliphatic hydroxyl groups is 1. The van der Waals surface area contributed by atoms with Crippen molar-refractivity contribution in [3.63, 3.8) is 0 Å². The zero-order chi connectivity index (χ0) is 22.4. The van der Waals surface area contributed by atoms with Gasteiger partial charge in [-0.2, -0.15) is 0 Å². The summed E-state index contributed by atoms with van der Waals surface area (Å²) < 4.78 is 32.3. The lowest BCUT2D eigenvalue weighted by atomic mass is 10.2. The van der Waals surface area contributed by atoms with Gasteiger partial charge >= 0.3 is 0 Å². The number of carbonyl (C=O) groups is 1. The van der Waals surface area contributed by atoms with Crippen LogP contribution in [0.3, 0.4) is 0 Å². The monoisotopic (exact) mass is 441 g/mol. The molecular formula is C22H23N3O5S. The third kappa shape index (κ3) is 5.01. The number of methoxy groups -OCH3 is 1. The van der Waals surface area contributed by atoms with Gasteiger partial charge in [-0.1, -0.05) is 18.2 Å². The van der Waals surface area contributed by atoms with Crippen LogP contribution in [-0.4, -0.2) is 45.1 Å². The van der Waals surface area contributed by atoms with Crippen molar-refractivity contribution in [1.29, 1.82) is 0 Å². The summed E-state index contributed by atoms with van der Waals surface area (Å²) in [6.45, 7) is -0.0214. The molecule has 0 fully saturated rings. The average molecular weight is 442 g/mol. The van der Waals surface area contributed by atoms with E-state index in [1.807, 2.05) is 0 Å². The maximum absolute atomic E-state index is 13.0. The SMILES string of the molecule is COc1ccccc1N(C)S(=O)(=O)c1ccc(C(=O)NC[C@@H](O)c2ccccn2)cc1. The first-order valence-corrected chi connectivity index (χ1v) is 10.9. The first kappa shape index (κ1) is 22.3. The molecule has 0 saturated heterocycles. The molecule has 0 spiro atoms. The number of nitrogens with zero attached hydrogens (tertiary/aromatic N) is 2. The minimum absolute atomic E-state index is 0.0214. The lowest BCUT2D eigenvalue weighted by Gasteiger charge is -2.21. The summed E-state index contributed by atoms with van der Waals surface area (Å²) in [5, 5.41) is 12.7. The number of nitrogens with one attached hydrogen (secondary N) is 1. The van der Waals surface area contributed by atoms with Crippen molar-refractivity contribution in [2.45, 2.75) is 11.0 Å². The van der Waals surface area contributed by atoms with Crippen LogP contribution in [0, 0.1) is 0 Å². The number of ether oxygens (including phenoxy) is 1. The van der Waals surface area contributed by atoms with Crippen molar-refractivity contribution in [2.24, 2.45) is 0 Å². The van der Waals surface area contributed by atoms with Crippen molar-refractivity contribution in [1.82, 2.24) is 10.3 Å². The fraction of sp³-hybridized carbons (Fsp3) is 0.182. The van der Waals surface area contributed by atoms with Gasteiger partial charge in [0.15, 0.2) is 0 Å². The number of aromatic nitrogens is 1. The Kier molecular flexibility index (Phi) is 6.88. The highest BCUT2D eigenvalue weighted by molar-refractivity contribution is 7.92. The molecule has 0 aliphatic carbocycles. The van der Waals surface area contributed by atoms with E-state index >= 15 is 0 Å². The van der Waals surface area contributed by atoms with Gasteiger partial charge in [-0.25, -0.2) is 8.42 Å². The molecule has 1 heterocycles. The molecule has 0 saturated carbocycles. The number of amides is 1. The Morgan fingerprint density at radius 3 is 2.42 bits per heavy atom. The van der Waals surface area contributed by atoms with Crippen LogP contribution in [0.1, 0.15) is 22.2 Å². The van der Waals surface area contributed by atoms with Crippen molar-refractivity contribution in [3.8, 4) is 5.75 Å². The Bertz CT molecular complexity index is 1140. The second-order valence-electron chi connectivity index (χ2n) is 6.65. The van der Waals surface area contributed by atoms with E-state index in [9.17, 15) is 18.3 Å². The van der Waals surface area contributed by atoms with Crippen molar-refractivity contribution in [2.75, 3.05) is 25.0 Å². The van der Waals surface area contributed by atoms with Crippen LogP contribution in [0.4, 0.5) is 5.69 Å². The molecular weight excluding hydrogens is 418 g/mol. The lowest BCUT2D eigenvalue weighted by molar-refractivity contribution is 0.0914. The number of pyridine rings is 1. The van der Waals surface area contributed by atoms with Crippen molar-refractivity contribution >= 4 is 21.6 Å². The number of aliphatic hydroxyl groups excluding tert-OH is 1. The smallest absolute Gasteiger partial charge is 0.264 e. The van der Waals surface area contributed by atoms with E-state index in [4.69, 9.17) is 4.74 Å². The highest BCUT2D eigenvalue weighted by Crippen LogP contribution is 2.30. The highest BCUT2D eigenvalue weighted by Gasteiger charge is 2.24. The second kappa shape index (κ2) is 9.59. The Hall–Kier alpha value is -3.43. The molecule has 3 aromatic rings. The maximum Gasteiger partial charge on any atom is 0.264 e. The van der Waals surface area contributed by atoms with Gasteiger partial charge in [-0.05, 0) is 48.5 Å². The summed E-state index contributed by atoms with van der Waals surface area (Å²) in [5.41, 5.74) is 1.12. The Balaban J connectivity index is 1.70. The zero-order valence-electron chi connectivity index (χ0n) is 17.1. The maximum atomic E-state index is 13.0. The standard InChI is InChI=1S/C22H23N3O5S/c1-25(19-8-3-4-9-21(19)30-2)31(28,29)17-12-10-16(11-13-17)22(27)24-15-20(26)18-7-5-6-14-23-18/h3-14,20,26H,15H2,1-2H3,(H,24,27)/t20-/m1/s1. The van der Waals surface area contributed by atoms with E-state index in [0.717, 1.165) is 4.31 Å². The van der Waals surface area contributed by atoms with E-state index < -0.39 is 22.0 Å². The van der Waals surface area contributed by atoms with Crippen molar-refractivity contribution < 1.29 is 23.1 Å². The fourth-order valence-electron chi connectivity index (χ4n) is 2.92. The number of para-hydroxylation sites is 2. The van der Waals surface area contributed by atoms with Crippen LogP contribution in [0.2, 0.25) is 0 Å². The molecule has 0 aliphatic rings. The molecule has 0 bridgehead atoms. The number of carbonyl (C=O) groups excluding carboxylic acids is 1. The third-order valence-electron chi connectivity index (χ3n) is 4.68. The summed E-state index contributed by atoms with van der Waals surface area (Å²) in [7, 11) is -0.948. The lowest BCUT2D eigenvalue weighted by Crippen LogP contribution is -2.29. The Labute approximate surface area is 181 Å². The van der Waals surface area contributed by atoms with Gasteiger partial charge in [0, 0.05) is 25.4 Å². The van der Waals surface area contributed by atoms with Gasteiger partial charge in [0.2, 0.25) is 0 Å². The largest absolute Gasteiger partial charge is 0.495 e. The topological polar surface area (TPSA) is 109 Å². The highest BCUT2D eigenvalue weighted by atomic mass is 32.2. The summed E-state index contributed by atoms with van der Waals surface area (Å²) in [4.78, 5) is 16.4. The van der Waals surface area contributed by atoms with Gasteiger partial charge in [-0.3, -0.25) is 14.1 Å². The normalized spacial score (nSPS) is 12.1. The van der Waals surface area contributed by atoms with E-state index in [2.05, 4.69) is 10.3 Å². The van der Waals surface area contributed by atoms with Crippen LogP contribution in [-0.2, 0) is 10.0 Å². The second-order valence-corrected chi connectivity index (χ2v) is 8.62. The predicted octanol–water partition coefficient (Wildman–Crippen LogP) is 2.38. The number of benzene rings is 2. The average Bonchev–Trinajstić information content (AvgIpc) is 2.82. The Morgan fingerprint density at radius 2 is 1.77 bits per heavy atom. The molecule has 31 heavy (non-hydrogen) atoms. The van der Waals surface area contributed by atoms with Crippen molar-refractivity contribution in [3.05, 3.63) is 84.2 Å². The van der Waals surface area contributed by atoms with Gasteiger partial charge in [-0.15, -0.1) is 0 Å². The van der Waals surface area contributed by atoms with E-state index in [1.54, 1.807) is 48.7 Å². The summed E-state index contributed by atoms with van der Waals surface area (Å²) in [6.07, 6.45) is 0.612. The number of hydrogen-bond donors (Lipinski definition) is 2. The van der Waals surface area contributed by atoms with Gasteiger partial charge < -0.3 is 15.2 Å². The third-order valence-corrected chi connectivity index (χ3v) is 6.47. The van der Waals surface area contributed by atoms with Gasteiger partial charge in [0.1, 0.15) is 11.9 Å². The van der Waals surface area contributed by atoms with E-state index in [1.165, 1.54) is 38.4 Å². The molecule has 2 aromatic carbocycles. The minimum atomic E-state index is -3.86. The summed E-state index contributed by atoms with van der Waals surface area (Å²) in [5.74, 6) is -0.00644. The Morgan fingerprint density at radius 1 is 1.10 bits per heavy atom. The zero-order valence-corrected chi connectivity index (χ0v) is 17.9. The molecule has 9 heteroatoms. The molecule has 1 atom stereocenters. The van der Waals surface area contributed by atoms with E-state index in [0.29, 0.717) is 17.1 Å². The predicted molar refractivity (Wildman–Crippen MR) is 117 cm³/mol. The first-order chi connectivity index (χ1) is 14.8. The summed E-state index contributed by atoms with van der Waals surface area (Å²) in [6, 6.07) is 17.5. The van der Waals surface area contributed by atoms with Crippen LogP contribution in [0.5, 0.6) is 5.75 Å². The quantitative estimate of drug-likeness (QED) is 0.556. The van der Waals surface area contributed by atoms with Crippen LogP contribution >= 0.6 is 0 Å². The van der Waals surface area contributed by atoms with Crippen LogP contribution in [0.15, 0.2) is 77.8 Å². The number of sulfonamides is 1. The number of hydrogen-bond acceptors (Lipinski definition) is 6. The van der Waals surface area contributed by atoms with Gasteiger partial charge in [0.05, 0.1) is 23.4 Å². The molecule has 2 N–H and O–H groups in total. The molecule has 3 rings (SSSR count). The molecule has 0 aliphatic heterocycles. The molecule has 1 aromatic heterocycles. The molecule has 0 radical (unpaired) electrons. The molecule has 162 valence electrons. The number of anilines is 1. The number of rotatable bonds is 8. The molecule has 0 unspecified atom stereocenters.